The minimum absolute atomic E-state index is 0.0160. The van der Waals surface area contributed by atoms with Crippen LogP contribution in [0, 0.1) is 5.82 Å². The summed E-state index contributed by atoms with van der Waals surface area (Å²) in [5.41, 5.74) is 2.45. The number of carbonyl (C=O) groups excluding carboxylic acids is 1. The van der Waals surface area contributed by atoms with Crippen LogP contribution in [0.4, 0.5) is 10.2 Å². The second-order valence-electron chi connectivity index (χ2n) is 7.13. The number of piperazine rings is 1. The van der Waals surface area contributed by atoms with Crippen molar-refractivity contribution in [3.05, 3.63) is 70.7 Å². The van der Waals surface area contributed by atoms with E-state index in [1.165, 1.54) is 18.5 Å². The van der Waals surface area contributed by atoms with Crippen LogP contribution < -0.4 is 4.90 Å². The van der Waals surface area contributed by atoms with E-state index in [2.05, 4.69) is 41.1 Å². The summed E-state index contributed by atoms with van der Waals surface area (Å²) in [4.78, 5) is 25.4. The minimum atomic E-state index is -0.320. The molecule has 10 heteroatoms. The van der Waals surface area contributed by atoms with E-state index in [-0.39, 0.29) is 11.7 Å². The van der Waals surface area contributed by atoms with Crippen molar-refractivity contribution >= 4 is 38.8 Å². The molecule has 0 radical (unpaired) electrons. The van der Waals surface area contributed by atoms with Crippen LogP contribution in [0.15, 0.2) is 59.3 Å². The molecule has 156 valence electrons. The first-order valence-electron chi connectivity index (χ1n) is 9.72. The Labute approximate surface area is 185 Å². The zero-order valence-corrected chi connectivity index (χ0v) is 17.9. The summed E-state index contributed by atoms with van der Waals surface area (Å²) >= 11 is 3.39. The summed E-state index contributed by atoms with van der Waals surface area (Å²) in [5.74, 6) is 0.371. The molecule has 0 N–H and O–H groups in total. The Kier molecular flexibility index (Phi) is 5.06. The Morgan fingerprint density at radius 3 is 2.35 bits per heavy atom. The number of hydrogen-bond donors (Lipinski definition) is 0. The highest BCUT2D eigenvalue weighted by Gasteiger charge is 2.25. The van der Waals surface area contributed by atoms with Crippen LogP contribution in [0.1, 0.15) is 10.4 Å². The van der Waals surface area contributed by atoms with Gasteiger partial charge in [0.05, 0.1) is 5.69 Å². The fourth-order valence-electron chi connectivity index (χ4n) is 3.62. The molecule has 0 atom stereocenters. The van der Waals surface area contributed by atoms with E-state index in [0.29, 0.717) is 54.4 Å². The van der Waals surface area contributed by atoms with Crippen molar-refractivity contribution in [1.29, 1.82) is 0 Å². The van der Waals surface area contributed by atoms with Crippen LogP contribution in [-0.4, -0.2) is 61.9 Å². The quantitative estimate of drug-likeness (QED) is 0.447. The van der Waals surface area contributed by atoms with Gasteiger partial charge in [-0.05, 0) is 48.5 Å². The molecule has 31 heavy (non-hydrogen) atoms. The molecule has 0 saturated carbocycles. The van der Waals surface area contributed by atoms with Gasteiger partial charge in [-0.1, -0.05) is 21.1 Å². The van der Waals surface area contributed by atoms with E-state index in [9.17, 15) is 9.18 Å². The van der Waals surface area contributed by atoms with Gasteiger partial charge in [0, 0.05) is 36.2 Å². The first-order valence-corrected chi connectivity index (χ1v) is 10.5. The molecule has 0 aliphatic carbocycles. The number of benzene rings is 2. The lowest BCUT2D eigenvalue weighted by molar-refractivity contribution is 0.0746. The van der Waals surface area contributed by atoms with Crippen molar-refractivity contribution in [1.82, 2.24) is 29.9 Å². The number of rotatable bonds is 3. The van der Waals surface area contributed by atoms with Gasteiger partial charge in [-0.15, -0.1) is 5.10 Å². The Hall–Kier alpha value is -3.40. The highest BCUT2D eigenvalue weighted by Crippen LogP contribution is 2.24. The van der Waals surface area contributed by atoms with Crippen molar-refractivity contribution in [3.63, 3.8) is 0 Å². The van der Waals surface area contributed by atoms with Gasteiger partial charge >= 0.3 is 0 Å². The molecule has 0 unspecified atom stereocenters. The molecule has 2 aromatic carbocycles. The zero-order valence-electron chi connectivity index (χ0n) is 16.3. The highest BCUT2D eigenvalue weighted by molar-refractivity contribution is 9.10. The maximum Gasteiger partial charge on any atom is 0.253 e. The fraction of sp³-hybridized carbons (Fsp3) is 0.190. The molecule has 1 aliphatic heterocycles. The Morgan fingerprint density at radius 1 is 0.935 bits per heavy atom. The summed E-state index contributed by atoms with van der Waals surface area (Å²) in [7, 11) is 0. The van der Waals surface area contributed by atoms with Gasteiger partial charge < -0.3 is 9.80 Å². The minimum Gasteiger partial charge on any atom is -0.351 e. The van der Waals surface area contributed by atoms with Crippen molar-refractivity contribution in [2.45, 2.75) is 0 Å². The van der Waals surface area contributed by atoms with Crippen LogP contribution in [0.25, 0.3) is 16.9 Å². The van der Waals surface area contributed by atoms with E-state index < -0.39 is 0 Å². The first kappa shape index (κ1) is 19.6. The molecule has 0 bridgehead atoms. The normalized spacial score (nSPS) is 14.3. The number of carbonyl (C=O) groups is 1. The first-order chi connectivity index (χ1) is 15.1. The predicted molar refractivity (Wildman–Crippen MR) is 117 cm³/mol. The number of anilines is 1. The number of amides is 1. The third-order valence-electron chi connectivity index (χ3n) is 5.25. The third-order valence-corrected chi connectivity index (χ3v) is 5.78. The molecule has 1 fully saturated rings. The van der Waals surface area contributed by atoms with E-state index in [0.717, 1.165) is 4.47 Å². The smallest absolute Gasteiger partial charge is 0.253 e. The van der Waals surface area contributed by atoms with Gasteiger partial charge in [0.2, 0.25) is 0 Å². The van der Waals surface area contributed by atoms with Crippen LogP contribution in [-0.2, 0) is 0 Å². The lowest BCUT2D eigenvalue weighted by Crippen LogP contribution is -2.49. The molecular weight excluding hydrogens is 465 g/mol. The van der Waals surface area contributed by atoms with Crippen molar-refractivity contribution in [2.24, 2.45) is 0 Å². The number of halogens is 2. The Balaban J connectivity index is 1.36. The molecule has 3 heterocycles. The second kappa shape index (κ2) is 8.03. The number of hydrogen-bond acceptors (Lipinski definition) is 6. The van der Waals surface area contributed by atoms with Gasteiger partial charge in [0.25, 0.3) is 5.91 Å². The second-order valence-corrected chi connectivity index (χ2v) is 8.05. The number of fused-ring (bicyclic) bond motifs is 1. The lowest BCUT2D eigenvalue weighted by atomic mass is 10.2. The van der Waals surface area contributed by atoms with Crippen molar-refractivity contribution < 1.29 is 9.18 Å². The molecule has 4 aromatic rings. The van der Waals surface area contributed by atoms with Crippen LogP contribution in [0.2, 0.25) is 0 Å². The van der Waals surface area contributed by atoms with Crippen LogP contribution in [0.5, 0.6) is 0 Å². The zero-order chi connectivity index (χ0) is 21.4. The average Bonchev–Trinajstić information content (AvgIpc) is 3.24. The predicted octanol–water partition coefficient (Wildman–Crippen LogP) is 3.07. The monoisotopic (exact) mass is 481 g/mol. The molecule has 1 amide bonds. The van der Waals surface area contributed by atoms with Gasteiger partial charge in [0.15, 0.2) is 17.0 Å². The van der Waals surface area contributed by atoms with Crippen LogP contribution >= 0.6 is 15.9 Å². The average molecular weight is 482 g/mol. The maximum atomic E-state index is 13.3. The third kappa shape index (κ3) is 3.74. The molecule has 5 rings (SSSR count). The highest BCUT2D eigenvalue weighted by atomic mass is 79.9. The SMILES string of the molecule is O=C(c1ccc(Br)cc1)N1CCN(c2ncnc3c2nnn3-c2ccc(F)cc2)CC1. The summed E-state index contributed by atoms with van der Waals surface area (Å²) < 4.78 is 15.8. The van der Waals surface area contributed by atoms with Gasteiger partial charge in [-0.25, -0.2) is 14.4 Å². The van der Waals surface area contributed by atoms with Crippen molar-refractivity contribution in [3.8, 4) is 5.69 Å². The molecule has 2 aromatic heterocycles. The molecular formula is C21H17BrFN7O. The summed E-state index contributed by atoms with van der Waals surface area (Å²) in [6, 6.07) is 13.4. The molecule has 8 nitrogen and oxygen atoms in total. The Morgan fingerprint density at radius 2 is 1.65 bits per heavy atom. The fourth-order valence-corrected chi connectivity index (χ4v) is 3.89. The molecule has 0 spiro atoms. The van der Waals surface area contributed by atoms with E-state index >= 15 is 0 Å². The van der Waals surface area contributed by atoms with Gasteiger partial charge in [-0.2, -0.15) is 4.68 Å². The van der Waals surface area contributed by atoms with E-state index in [1.807, 2.05) is 29.2 Å². The van der Waals surface area contributed by atoms with Crippen molar-refractivity contribution in [2.75, 3.05) is 31.1 Å². The van der Waals surface area contributed by atoms with Gasteiger partial charge in [0.1, 0.15) is 12.1 Å². The van der Waals surface area contributed by atoms with Crippen LogP contribution in [0.3, 0.4) is 0 Å². The molecule has 1 aliphatic rings. The summed E-state index contributed by atoms with van der Waals surface area (Å²) in [5, 5.41) is 8.46. The maximum absolute atomic E-state index is 13.3. The van der Waals surface area contributed by atoms with E-state index in [1.54, 1.807) is 16.8 Å². The van der Waals surface area contributed by atoms with E-state index in [4.69, 9.17) is 0 Å². The Bertz CT molecular complexity index is 1240. The largest absolute Gasteiger partial charge is 0.351 e. The summed E-state index contributed by atoms with van der Waals surface area (Å²) in [6.07, 6.45) is 1.47. The standard InChI is InChI=1S/C21H17BrFN7O/c22-15-3-1-14(2-4-15)21(31)29-11-9-28(10-12-29)19-18-20(25-13-24-19)30(27-26-18)17-7-5-16(23)6-8-17/h1-8,13H,9-12H2. The lowest BCUT2D eigenvalue weighted by Gasteiger charge is -2.35. The topological polar surface area (TPSA) is 80.0 Å². The number of nitrogens with zero attached hydrogens (tertiary/aromatic N) is 7. The summed E-state index contributed by atoms with van der Waals surface area (Å²) in [6.45, 7) is 2.40. The van der Waals surface area contributed by atoms with Gasteiger partial charge in [-0.3, -0.25) is 4.79 Å². The number of aromatic nitrogens is 5. The molecule has 1 saturated heterocycles.